The number of hydrogen-bond acceptors (Lipinski definition) is 5. The number of aryl methyl sites for hydroxylation is 1. The number of hydrogen-bond donors (Lipinski definition) is 2. The highest BCUT2D eigenvalue weighted by Gasteiger charge is 2.16. The summed E-state index contributed by atoms with van der Waals surface area (Å²) in [5.74, 6) is -1.02. The standard InChI is InChI=1S/C14H20N2O4S/c1-9-13(14(18)19)21-12(16-9)8-15-11(17)6-5-10-4-2-3-7-20-10/h10H,2-8H2,1H3,(H,15,17)(H,18,19). The van der Waals surface area contributed by atoms with Crippen LogP contribution in [0.2, 0.25) is 0 Å². The molecule has 2 heterocycles. The number of nitrogens with one attached hydrogen (secondary N) is 1. The minimum Gasteiger partial charge on any atom is -0.477 e. The largest absolute Gasteiger partial charge is 0.477 e. The van der Waals surface area contributed by atoms with Gasteiger partial charge in [0.25, 0.3) is 0 Å². The van der Waals surface area contributed by atoms with Gasteiger partial charge in [0.1, 0.15) is 9.88 Å². The van der Waals surface area contributed by atoms with E-state index in [1.165, 1.54) is 6.42 Å². The molecular weight excluding hydrogens is 292 g/mol. The van der Waals surface area contributed by atoms with Crippen molar-refractivity contribution in [3.63, 3.8) is 0 Å². The van der Waals surface area contributed by atoms with Crippen LogP contribution in [-0.2, 0) is 16.1 Å². The first-order chi connectivity index (χ1) is 10.1. The maximum Gasteiger partial charge on any atom is 0.347 e. The van der Waals surface area contributed by atoms with Crippen molar-refractivity contribution in [1.29, 1.82) is 0 Å². The van der Waals surface area contributed by atoms with Crippen LogP contribution in [0.25, 0.3) is 0 Å². The highest BCUT2D eigenvalue weighted by Crippen LogP contribution is 2.18. The van der Waals surface area contributed by atoms with Gasteiger partial charge in [-0.1, -0.05) is 0 Å². The zero-order valence-electron chi connectivity index (χ0n) is 12.1. The van der Waals surface area contributed by atoms with Gasteiger partial charge in [-0.25, -0.2) is 9.78 Å². The number of carbonyl (C=O) groups excluding carboxylic acids is 1. The number of nitrogens with zero attached hydrogens (tertiary/aromatic N) is 1. The van der Waals surface area contributed by atoms with Crippen LogP contribution >= 0.6 is 11.3 Å². The van der Waals surface area contributed by atoms with Crippen LogP contribution in [0.4, 0.5) is 0 Å². The molecule has 0 bridgehead atoms. The number of carboxylic acids is 1. The summed E-state index contributed by atoms with van der Waals surface area (Å²) in [6.07, 6.45) is 4.68. The lowest BCUT2D eigenvalue weighted by Crippen LogP contribution is -2.26. The Morgan fingerprint density at radius 3 is 2.90 bits per heavy atom. The summed E-state index contributed by atoms with van der Waals surface area (Å²) >= 11 is 1.11. The first-order valence-corrected chi connectivity index (χ1v) is 7.96. The molecule has 6 nitrogen and oxygen atoms in total. The second kappa shape index (κ2) is 7.51. The number of thiazole rings is 1. The Labute approximate surface area is 127 Å². The van der Waals surface area contributed by atoms with Gasteiger partial charge >= 0.3 is 5.97 Å². The van der Waals surface area contributed by atoms with E-state index in [2.05, 4.69) is 10.3 Å². The minimum absolute atomic E-state index is 0.0473. The third-order valence-corrected chi connectivity index (χ3v) is 4.58. The van der Waals surface area contributed by atoms with E-state index in [4.69, 9.17) is 9.84 Å². The van der Waals surface area contributed by atoms with Crippen LogP contribution in [0.1, 0.15) is 52.5 Å². The van der Waals surface area contributed by atoms with Crippen LogP contribution in [0.5, 0.6) is 0 Å². The molecule has 1 aliphatic heterocycles. The molecular formula is C14H20N2O4S. The fourth-order valence-electron chi connectivity index (χ4n) is 2.32. The van der Waals surface area contributed by atoms with E-state index in [-0.39, 0.29) is 23.4 Å². The molecule has 2 rings (SSSR count). The van der Waals surface area contributed by atoms with Crippen molar-refractivity contribution >= 4 is 23.2 Å². The van der Waals surface area contributed by atoms with E-state index in [1.807, 2.05) is 0 Å². The summed E-state index contributed by atoms with van der Waals surface area (Å²) in [6, 6.07) is 0. The average molecular weight is 312 g/mol. The summed E-state index contributed by atoms with van der Waals surface area (Å²) in [6.45, 7) is 2.73. The summed E-state index contributed by atoms with van der Waals surface area (Å²) in [5, 5.41) is 12.4. The molecule has 0 aliphatic carbocycles. The van der Waals surface area contributed by atoms with E-state index >= 15 is 0 Å². The predicted molar refractivity (Wildman–Crippen MR) is 78.5 cm³/mol. The van der Waals surface area contributed by atoms with Gasteiger partial charge in [-0.2, -0.15) is 0 Å². The molecule has 2 N–H and O–H groups in total. The quantitative estimate of drug-likeness (QED) is 0.840. The molecule has 1 aromatic rings. The Bertz CT molecular complexity index is 509. The number of rotatable bonds is 6. The summed E-state index contributed by atoms with van der Waals surface area (Å²) in [5.41, 5.74) is 0.493. The van der Waals surface area contributed by atoms with Gasteiger partial charge in [-0.3, -0.25) is 4.79 Å². The lowest BCUT2D eigenvalue weighted by Gasteiger charge is -2.22. The molecule has 116 valence electrons. The van der Waals surface area contributed by atoms with Gasteiger partial charge in [0.05, 0.1) is 18.3 Å². The van der Waals surface area contributed by atoms with Gasteiger partial charge in [-0.05, 0) is 32.6 Å². The SMILES string of the molecule is Cc1nc(CNC(=O)CCC2CCCCO2)sc1C(=O)O. The fraction of sp³-hybridized carbons (Fsp3) is 0.643. The van der Waals surface area contributed by atoms with Gasteiger partial charge in [0.15, 0.2) is 0 Å². The Kier molecular flexibility index (Phi) is 5.69. The molecule has 1 saturated heterocycles. The third-order valence-electron chi connectivity index (χ3n) is 3.44. The molecule has 0 aromatic carbocycles. The molecule has 1 fully saturated rings. The topological polar surface area (TPSA) is 88.5 Å². The van der Waals surface area contributed by atoms with Crippen molar-refractivity contribution in [2.45, 2.75) is 51.7 Å². The molecule has 1 aliphatic rings. The van der Waals surface area contributed by atoms with Gasteiger partial charge in [-0.15, -0.1) is 11.3 Å². The van der Waals surface area contributed by atoms with Crippen molar-refractivity contribution in [3.05, 3.63) is 15.6 Å². The molecule has 1 aromatic heterocycles. The maximum atomic E-state index is 11.8. The normalized spacial score (nSPS) is 18.4. The lowest BCUT2D eigenvalue weighted by molar-refractivity contribution is -0.122. The van der Waals surface area contributed by atoms with E-state index in [1.54, 1.807) is 6.92 Å². The maximum absolute atomic E-state index is 11.8. The van der Waals surface area contributed by atoms with Crippen molar-refractivity contribution in [3.8, 4) is 0 Å². The second-order valence-corrected chi connectivity index (χ2v) is 6.21. The minimum atomic E-state index is -0.975. The van der Waals surface area contributed by atoms with Crippen molar-refractivity contribution in [2.75, 3.05) is 6.61 Å². The second-order valence-electron chi connectivity index (χ2n) is 5.13. The molecule has 0 saturated carbocycles. The predicted octanol–water partition coefficient (Wildman–Crippen LogP) is 2.12. The van der Waals surface area contributed by atoms with Gasteiger partial charge in [0.2, 0.25) is 5.91 Å². The lowest BCUT2D eigenvalue weighted by atomic mass is 10.0. The van der Waals surface area contributed by atoms with Crippen molar-refractivity contribution in [1.82, 2.24) is 10.3 Å². The summed E-state index contributed by atoms with van der Waals surface area (Å²) in [7, 11) is 0. The monoisotopic (exact) mass is 312 g/mol. The number of carbonyl (C=O) groups is 2. The molecule has 1 amide bonds. The number of ether oxygens (including phenoxy) is 1. The number of carboxylic acid groups (broad SMARTS) is 1. The molecule has 7 heteroatoms. The van der Waals surface area contributed by atoms with Crippen molar-refractivity contribution < 1.29 is 19.4 Å². The highest BCUT2D eigenvalue weighted by atomic mass is 32.1. The van der Waals surface area contributed by atoms with Crippen LogP contribution in [0, 0.1) is 6.92 Å². The van der Waals surface area contributed by atoms with Gasteiger partial charge in [0, 0.05) is 13.0 Å². The van der Waals surface area contributed by atoms with Crippen LogP contribution in [0.3, 0.4) is 0 Å². The van der Waals surface area contributed by atoms with Crippen molar-refractivity contribution in [2.24, 2.45) is 0 Å². The van der Waals surface area contributed by atoms with E-state index in [9.17, 15) is 9.59 Å². The van der Waals surface area contributed by atoms with Crippen LogP contribution in [-0.4, -0.2) is 34.7 Å². The fourth-order valence-corrected chi connectivity index (χ4v) is 3.16. The molecule has 1 unspecified atom stereocenters. The Morgan fingerprint density at radius 2 is 2.29 bits per heavy atom. The van der Waals surface area contributed by atoms with Crippen LogP contribution < -0.4 is 5.32 Å². The first-order valence-electron chi connectivity index (χ1n) is 7.14. The Balaban J connectivity index is 1.73. The van der Waals surface area contributed by atoms with E-state index in [0.29, 0.717) is 17.1 Å². The highest BCUT2D eigenvalue weighted by molar-refractivity contribution is 7.13. The van der Waals surface area contributed by atoms with E-state index in [0.717, 1.165) is 37.2 Å². The molecule has 21 heavy (non-hydrogen) atoms. The smallest absolute Gasteiger partial charge is 0.347 e. The Morgan fingerprint density at radius 1 is 1.48 bits per heavy atom. The Hall–Kier alpha value is -1.47. The number of amides is 1. The third kappa shape index (κ3) is 4.78. The number of aromatic carboxylic acids is 1. The van der Waals surface area contributed by atoms with E-state index < -0.39 is 5.97 Å². The summed E-state index contributed by atoms with van der Waals surface area (Å²) in [4.78, 5) is 27.1. The molecule has 1 atom stereocenters. The van der Waals surface area contributed by atoms with Crippen LogP contribution in [0.15, 0.2) is 0 Å². The molecule has 0 radical (unpaired) electrons. The number of aromatic nitrogens is 1. The van der Waals surface area contributed by atoms with Gasteiger partial charge < -0.3 is 15.2 Å². The average Bonchev–Trinajstić information content (AvgIpc) is 2.85. The first kappa shape index (κ1) is 15.9. The molecule has 0 spiro atoms. The summed E-state index contributed by atoms with van der Waals surface area (Å²) < 4.78 is 5.58. The zero-order valence-corrected chi connectivity index (χ0v) is 12.9. The zero-order chi connectivity index (χ0) is 15.2.